The van der Waals surface area contributed by atoms with Crippen LogP contribution in [0.5, 0.6) is 0 Å². The zero-order valence-electron chi connectivity index (χ0n) is 10.5. The van der Waals surface area contributed by atoms with E-state index in [-0.39, 0.29) is 0 Å². The summed E-state index contributed by atoms with van der Waals surface area (Å²) in [5.41, 5.74) is 3.18. The maximum atomic E-state index is 4.41. The molecule has 1 N–H and O–H groups in total. The Balaban J connectivity index is 2.14. The third kappa shape index (κ3) is 2.79. The highest BCUT2D eigenvalue weighted by Gasteiger charge is 2.06. The summed E-state index contributed by atoms with van der Waals surface area (Å²) in [6.45, 7) is 8.66. The summed E-state index contributed by atoms with van der Waals surface area (Å²) in [5.74, 6) is 1.70. The molecule has 0 radical (unpaired) electrons. The van der Waals surface area contributed by atoms with E-state index in [4.69, 9.17) is 0 Å². The molecule has 0 atom stereocenters. The molecule has 90 valence electrons. The second-order valence-electron chi connectivity index (χ2n) is 4.04. The number of aryl methyl sites for hydroxylation is 3. The lowest BCUT2D eigenvalue weighted by Gasteiger charge is -2.09. The van der Waals surface area contributed by atoms with Crippen LogP contribution in [-0.4, -0.2) is 15.0 Å². The number of nitrogens with one attached hydrogen (secondary N) is 1. The maximum Gasteiger partial charge on any atom is 0.133 e. The number of hydrogen-bond acceptors (Lipinski definition) is 5. The summed E-state index contributed by atoms with van der Waals surface area (Å²) in [6.07, 6.45) is 0. The molecule has 0 spiro atoms. The van der Waals surface area contributed by atoms with E-state index in [0.29, 0.717) is 6.54 Å². The fraction of sp³-hybridized carbons (Fsp3) is 0.417. The van der Waals surface area contributed by atoms with Crippen molar-refractivity contribution >= 4 is 17.2 Å². The Morgan fingerprint density at radius 1 is 1.12 bits per heavy atom. The molecule has 0 fully saturated rings. The first-order chi connectivity index (χ1) is 8.06. The van der Waals surface area contributed by atoms with Gasteiger partial charge in [-0.3, -0.25) is 0 Å². The van der Waals surface area contributed by atoms with E-state index in [0.717, 1.165) is 33.6 Å². The van der Waals surface area contributed by atoms with Crippen LogP contribution < -0.4 is 5.32 Å². The topological polar surface area (TPSA) is 50.7 Å². The zero-order chi connectivity index (χ0) is 12.4. The minimum absolute atomic E-state index is 0.709. The lowest BCUT2D eigenvalue weighted by Crippen LogP contribution is -2.07. The molecule has 0 saturated heterocycles. The molecule has 0 amide bonds. The predicted molar refractivity (Wildman–Crippen MR) is 70.4 cm³/mol. The number of aromatic nitrogens is 3. The van der Waals surface area contributed by atoms with Gasteiger partial charge in [0.2, 0.25) is 0 Å². The van der Waals surface area contributed by atoms with Gasteiger partial charge in [0.15, 0.2) is 0 Å². The van der Waals surface area contributed by atoms with Crippen molar-refractivity contribution in [1.29, 1.82) is 0 Å². The van der Waals surface area contributed by atoms with Gasteiger partial charge in [-0.15, -0.1) is 11.3 Å². The molecule has 5 heteroatoms. The highest BCUT2D eigenvalue weighted by Crippen LogP contribution is 2.16. The van der Waals surface area contributed by atoms with Crippen molar-refractivity contribution in [2.24, 2.45) is 0 Å². The smallest absolute Gasteiger partial charge is 0.133 e. The van der Waals surface area contributed by atoms with Crippen molar-refractivity contribution in [1.82, 2.24) is 15.0 Å². The van der Waals surface area contributed by atoms with Gasteiger partial charge in [-0.2, -0.15) is 0 Å². The molecule has 2 aromatic rings. The van der Waals surface area contributed by atoms with Gasteiger partial charge >= 0.3 is 0 Å². The van der Waals surface area contributed by atoms with Gasteiger partial charge < -0.3 is 5.32 Å². The third-order valence-electron chi connectivity index (χ3n) is 2.60. The molecule has 0 aliphatic rings. The van der Waals surface area contributed by atoms with Gasteiger partial charge in [0.25, 0.3) is 0 Å². The van der Waals surface area contributed by atoms with Crippen molar-refractivity contribution in [3.8, 4) is 0 Å². The highest BCUT2D eigenvalue weighted by atomic mass is 32.1. The van der Waals surface area contributed by atoms with Crippen molar-refractivity contribution in [3.63, 3.8) is 0 Å². The average Bonchev–Trinajstić information content (AvgIpc) is 2.67. The first kappa shape index (κ1) is 12.0. The molecule has 2 heterocycles. The molecule has 4 nitrogen and oxygen atoms in total. The summed E-state index contributed by atoms with van der Waals surface area (Å²) in [6, 6.07) is 0. The van der Waals surface area contributed by atoms with Crippen LogP contribution in [0.15, 0.2) is 5.38 Å². The molecule has 0 bridgehead atoms. The summed E-state index contributed by atoms with van der Waals surface area (Å²) in [5, 5.41) is 6.48. The highest BCUT2D eigenvalue weighted by molar-refractivity contribution is 7.09. The number of nitrogens with zero attached hydrogens (tertiary/aromatic N) is 3. The average molecular weight is 248 g/mol. The van der Waals surface area contributed by atoms with Gasteiger partial charge in [-0.05, 0) is 27.7 Å². The molecule has 0 saturated carbocycles. The van der Waals surface area contributed by atoms with E-state index in [1.54, 1.807) is 11.3 Å². The van der Waals surface area contributed by atoms with E-state index in [9.17, 15) is 0 Å². The molecule has 0 aromatic carbocycles. The zero-order valence-corrected chi connectivity index (χ0v) is 11.4. The fourth-order valence-corrected chi connectivity index (χ4v) is 2.22. The van der Waals surface area contributed by atoms with Crippen molar-refractivity contribution in [3.05, 3.63) is 33.2 Å². The second kappa shape index (κ2) is 4.79. The first-order valence-electron chi connectivity index (χ1n) is 5.53. The molecule has 17 heavy (non-hydrogen) atoms. The molecular weight excluding hydrogens is 232 g/mol. The fourth-order valence-electron chi connectivity index (χ4n) is 1.60. The maximum absolute atomic E-state index is 4.41. The summed E-state index contributed by atoms with van der Waals surface area (Å²) < 4.78 is 0. The normalized spacial score (nSPS) is 10.6. The summed E-state index contributed by atoms with van der Waals surface area (Å²) >= 11 is 1.67. The molecule has 2 aromatic heterocycles. The van der Waals surface area contributed by atoms with Gasteiger partial charge in [0.05, 0.1) is 17.2 Å². The Hall–Kier alpha value is -1.49. The third-order valence-corrected chi connectivity index (χ3v) is 3.43. The van der Waals surface area contributed by atoms with E-state index in [1.807, 2.05) is 27.7 Å². The molecule has 0 aliphatic carbocycles. The number of thiazole rings is 1. The Morgan fingerprint density at radius 2 is 1.88 bits per heavy atom. The van der Waals surface area contributed by atoms with E-state index in [1.165, 1.54) is 0 Å². The van der Waals surface area contributed by atoms with Gasteiger partial charge in [-0.25, -0.2) is 15.0 Å². The molecule has 0 unspecified atom stereocenters. The quantitative estimate of drug-likeness (QED) is 0.907. The Morgan fingerprint density at radius 3 is 2.53 bits per heavy atom. The monoisotopic (exact) mass is 248 g/mol. The van der Waals surface area contributed by atoms with Gasteiger partial charge in [-0.1, -0.05) is 0 Å². The van der Waals surface area contributed by atoms with Crippen LogP contribution in [0, 0.1) is 27.7 Å². The number of hydrogen-bond donors (Lipinski definition) is 1. The van der Waals surface area contributed by atoms with Crippen LogP contribution >= 0.6 is 11.3 Å². The minimum atomic E-state index is 0.709. The Labute approximate surface area is 105 Å². The Bertz CT molecular complexity index is 533. The molecular formula is C12H16N4S. The van der Waals surface area contributed by atoms with Crippen LogP contribution in [0.3, 0.4) is 0 Å². The van der Waals surface area contributed by atoms with Crippen molar-refractivity contribution in [2.75, 3.05) is 5.32 Å². The second-order valence-corrected chi connectivity index (χ2v) is 5.10. The van der Waals surface area contributed by atoms with E-state index >= 15 is 0 Å². The van der Waals surface area contributed by atoms with Crippen LogP contribution in [-0.2, 0) is 6.54 Å². The largest absolute Gasteiger partial charge is 0.364 e. The Kier molecular flexibility index (Phi) is 3.38. The lowest BCUT2D eigenvalue weighted by atomic mass is 10.2. The first-order valence-corrected chi connectivity index (χ1v) is 6.41. The van der Waals surface area contributed by atoms with Crippen LogP contribution in [0.25, 0.3) is 0 Å². The van der Waals surface area contributed by atoms with Crippen LogP contribution in [0.4, 0.5) is 5.82 Å². The van der Waals surface area contributed by atoms with E-state index in [2.05, 4.69) is 25.6 Å². The van der Waals surface area contributed by atoms with Gasteiger partial charge in [0.1, 0.15) is 11.6 Å². The summed E-state index contributed by atoms with van der Waals surface area (Å²) in [4.78, 5) is 13.1. The summed E-state index contributed by atoms with van der Waals surface area (Å²) in [7, 11) is 0. The lowest BCUT2D eigenvalue weighted by molar-refractivity contribution is 0.958. The standard InChI is InChI=1S/C12H16N4S/c1-7-8(2)14-9(3)15-12(7)13-5-11-6-17-10(4)16-11/h6H,5H2,1-4H3,(H,13,14,15). The number of rotatable bonds is 3. The molecule has 0 aliphatic heterocycles. The number of anilines is 1. The van der Waals surface area contributed by atoms with Crippen LogP contribution in [0.2, 0.25) is 0 Å². The van der Waals surface area contributed by atoms with Crippen LogP contribution in [0.1, 0.15) is 27.8 Å². The SMILES string of the molecule is Cc1nc(C)c(C)c(NCc2csc(C)n2)n1. The predicted octanol–water partition coefficient (Wildman–Crippen LogP) is 2.78. The van der Waals surface area contributed by atoms with E-state index < -0.39 is 0 Å². The van der Waals surface area contributed by atoms with Crippen molar-refractivity contribution < 1.29 is 0 Å². The molecule has 2 rings (SSSR count). The van der Waals surface area contributed by atoms with Gasteiger partial charge in [0, 0.05) is 16.6 Å². The minimum Gasteiger partial charge on any atom is -0.364 e. The van der Waals surface area contributed by atoms with Crippen molar-refractivity contribution in [2.45, 2.75) is 34.2 Å².